The van der Waals surface area contributed by atoms with Crippen molar-refractivity contribution in [3.05, 3.63) is 0 Å². The second kappa shape index (κ2) is 14.7. The number of rotatable bonds is 10. The number of nitrogens with two attached hydrogens (primary N) is 1. The number of nitrogens with one attached hydrogen (secondary N) is 1. The summed E-state index contributed by atoms with van der Waals surface area (Å²) in [7, 11) is 0. The normalized spacial score (nSPS) is 16.0. The molecule has 1 atom stereocenters. The molecule has 1 aliphatic heterocycles. The third kappa shape index (κ3) is 10.1. The molecule has 0 aromatic rings. The summed E-state index contributed by atoms with van der Waals surface area (Å²) >= 11 is 1.34. The highest BCUT2D eigenvalue weighted by Gasteiger charge is 2.37. The van der Waals surface area contributed by atoms with Crippen molar-refractivity contribution in [2.45, 2.75) is 45.8 Å². The molecule has 1 aliphatic rings. The Kier molecular flexibility index (Phi) is 15.1. The lowest BCUT2D eigenvalue weighted by Gasteiger charge is -2.14. The Labute approximate surface area is 154 Å². The van der Waals surface area contributed by atoms with E-state index in [0.717, 1.165) is 4.90 Å². The Bertz CT molecular complexity index is 445. The van der Waals surface area contributed by atoms with Gasteiger partial charge >= 0.3 is 0 Å². The molecule has 8 nitrogen and oxygen atoms in total. The van der Waals surface area contributed by atoms with Gasteiger partial charge in [-0.25, -0.2) is 0 Å². The Morgan fingerprint density at radius 3 is 2.44 bits per heavy atom. The van der Waals surface area contributed by atoms with Gasteiger partial charge in [0, 0.05) is 32.4 Å². The fourth-order valence-electron chi connectivity index (χ4n) is 1.91. The molecule has 3 N–H and O–H groups in total. The lowest BCUT2D eigenvalue weighted by Crippen LogP contribution is -2.36. The maximum atomic E-state index is 11.8. The second-order valence-electron chi connectivity index (χ2n) is 4.74. The number of hydrogen-bond acceptors (Lipinski definition) is 6. The number of likely N-dealkylation sites (tertiary alicyclic amines) is 1. The maximum Gasteiger partial charge on any atom is 0.242 e. The Morgan fingerprint density at radius 2 is 1.92 bits per heavy atom. The number of amides is 4. The predicted molar refractivity (Wildman–Crippen MR) is 99.0 cm³/mol. The van der Waals surface area contributed by atoms with E-state index in [9.17, 15) is 19.2 Å². The molecule has 0 saturated carbocycles. The first-order valence-corrected chi connectivity index (χ1v) is 9.24. The van der Waals surface area contributed by atoms with Crippen LogP contribution in [0.25, 0.3) is 0 Å². The minimum Gasteiger partial charge on any atom is -0.379 e. The standard InChI is InChI=1S/C13H21N3O5S.C2H6.CH4/c1-22-9-8-12(19)16(13(9)20)5-2-11(18)15-4-7-21-6-3-10(14)17;1-2;/h9H,2-8H2,1H3,(H2,14,17)(H,15,18);1-2H3;1H4. The molecule has 0 aromatic heterocycles. The number of imide groups is 1. The van der Waals surface area contributed by atoms with Crippen LogP contribution in [0, 0.1) is 0 Å². The summed E-state index contributed by atoms with van der Waals surface area (Å²) in [5, 5.41) is 2.29. The first kappa shape index (κ1) is 25.6. The molecule has 0 aliphatic carbocycles. The summed E-state index contributed by atoms with van der Waals surface area (Å²) in [4.78, 5) is 46.7. The molecule has 0 aromatic carbocycles. The lowest BCUT2D eigenvalue weighted by atomic mass is 10.3. The summed E-state index contributed by atoms with van der Waals surface area (Å²) in [6, 6.07) is 0. The number of nitrogens with zero attached hydrogens (tertiary/aromatic N) is 1. The summed E-state index contributed by atoms with van der Waals surface area (Å²) in [5.74, 6) is -1.15. The zero-order chi connectivity index (χ0) is 18.5. The minimum absolute atomic E-state index is 0. The van der Waals surface area contributed by atoms with Gasteiger partial charge in [-0.3, -0.25) is 24.1 Å². The van der Waals surface area contributed by atoms with Crippen molar-refractivity contribution < 1.29 is 23.9 Å². The van der Waals surface area contributed by atoms with Gasteiger partial charge in [-0.05, 0) is 6.26 Å². The molecule has 4 amide bonds. The molecular formula is C16H31N3O5S. The zero-order valence-electron chi connectivity index (χ0n) is 14.5. The second-order valence-corrected chi connectivity index (χ2v) is 5.78. The van der Waals surface area contributed by atoms with Gasteiger partial charge in [0.2, 0.25) is 23.6 Å². The largest absolute Gasteiger partial charge is 0.379 e. The van der Waals surface area contributed by atoms with Crippen LogP contribution in [-0.4, -0.2) is 66.3 Å². The number of primary amides is 1. The van der Waals surface area contributed by atoms with Crippen LogP contribution in [0.2, 0.25) is 0 Å². The van der Waals surface area contributed by atoms with E-state index in [2.05, 4.69) is 5.32 Å². The van der Waals surface area contributed by atoms with Crippen molar-refractivity contribution in [2.24, 2.45) is 5.73 Å². The van der Waals surface area contributed by atoms with Crippen molar-refractivity contribution in [3.63, 3.8) is 0 Å². The van der Waals surface area contributed by atoms with E-state index < -0.39 is 5.91 Å². The zero-order valence-corrected chi connectivity index (χ0v) is 15.3. The van der Waals surface area contributed by atoms with Crippen LogP contribution >= 0.6 is 11.8 Å². The molecule has 0 radical (unpaired) electrons. The number of ether oxygens (including phenoxy) is 1. The number of thioether (sulfide) groups is 1. The van der Waals surface area contributed by atoms with E-state index in [1.54, 1.807) is 6.26 Å². The number of hydrogen-bond donors (Lipinski definition) is 2. The van der Waals surface area contributed by atoms with Gasteiger partial charge in [-0.1, -0.05) is 21.3 Å². The number of carbonyl (C=O) groups is 4. The Balaban J connectivity index is 0. The molecule has 1 saturated heterocycles. The minimum atomic E-state index is -0.437. The van der Waals surface area contributed by atoms with Gasteiger partial charge in [0.25, 0.3) is 0 Å². The average molecular weight is 378 g/mol. The predicted octanol–water partition coefficient (Wildman–Crippen LogP) is 0.538. The van der Waals surface area contributed by atoms with Gasteiger partial charge in [0.1, 0.15) is 0 Å². The van der Waals surface area contributed by atoms with Gasteiger partial charge in [0.15, 0.2) is 0 Å². The molecule has 1 fully saturated rings. The van der Waals surface area contributed by atoms with Crippen molar-refractivity contribution in [1.29, 1.82) is 0 Å². The van der Waals surface area contributed by atoms with E-state index in [1.807, 2.05) is 13.8 Å². The molecule has 0 bridgehead atoms. The van der Waals surface area contributed by atoms with Gasteiger partial charge in [-0.15, -0.1) is 0 Å². The third-order valence-electron chi connectivity index (χ3n) is 3.11. The van der Waals surface area contributed by atoms with Crippen LogP contribution in [-0.2, 0) is 23.9 Å². The van der Waals surface area contributed by atoms with Crippen molar-refractivity contribution in [1.82, 2.24) is 10.2 Å². The Morgan fingerprint density at radius 1 is 1.28 bits per heavy atom. The summed E-state index contributed by atoms with van der Waals surface area (Å²) < 4.78 is 5.10. The van der Waals surface area contributed by atoms with Crippen LogP contribution in [0.3, 0.4) is 0 Å². The van der Waals surface area contributed by atoms with E-state index in [4.69, 9.17) is 10.5 Å². The van der Waals surface area contributed by atoms with Crippen LogP contribution < -0.4 is 11.1 Å². The fraction of sp³-hybridized carbons (Fsp3) is 0.750. The highest BCUT2D eigenvalue weighted by Crippen LogP contribution is 2.22. The van der Waals surface area contributed by atoms with Crippen LogP contribution in [0.15, 0.2) is 0 Å². The van der Waals surface area contributed by atoms with Crippen LogP contribution in [0.5, 0.6) is 0 Å². The summed E-state index contributed by atoms with van der Waals surface area (Å²) in [6.45, 7) is 4.89. The van der Waals surface area contributed by atoms with Crippen LogP contribution in [0.1, 0.15) is 40.5 Å². The third-order valence-corrected chi connectivity index (χ3v) is 4.05. The Hall–Kier alpha value is -1.61. The fourth-order valence-corrected chi connectivity index (χ4v) is 2.55. The highest BCUT2D eigenvalue weighted by atomic mass is 32.2. The van der Waals surface area contributed by atoms with Gasteiger partial charge in [0.05, 0.1) is 18.5 Å². The van der Waals surface area contributed by atoms with Crippen molar-refractivity contribution in [3.8, 4) is 0 Å². The SMILES string of the molecule is C.CC.CSC1CC(=O)N(CCC(=O)NCCOCCC(N)=O)C1=O. The van der Waals surface area contributed by atoms with Crippen LogP contribution in [0.4, 0.5) is 0 Å². The average Bonchev–Trinajstić information content (AvgIpc) is 2.84. The smallest absolute Gasteiger partial charge is 0.242 e. The van der Waals surface area contributed by atoms with Gasteiger partial charge < -0.3 is 15.8 Å². The molecule has 9 heteroatoms. The number of carbonyl (C=O) groups excluding carboxylic acids is 4. The molecule has 1 rings (SSSR count). The molecule has 146 valence electrons. The quantitative estimate of drug-likeness (QED) is 0.424. The first-order chi connectivity index (χ1) is 11.5. The van der Waals surface area contributed by atoms with E-state index in [1.165, 1.54) is 11.8 Å². The molecule has 1 unspecified atom stereocenters. The topological polar surface area (TPSA) is 119 Å². The van der Waals surface area contributed by atoms with E-state index in [-0.39, 0.29) is 69.4 Å². The van der Waals surface area contributed by atoms with Gasteiger partial charge in [-0.2, -0.15) is 11.8 Å². The maximum absolute atomic E-state index is 11.8. The molecular weight excluding hydrogens is 346 g/mol. The van der Waals surface area contributed by atoms with E-state index in [0.29, 0.717) is 6.54 Å². The van der Waals surface area contributed by atoms with Crippen molar-refractivity contribution >= 4 is 35.4 Å². The van der Waals surface area contributed by atoms with E-state index >= 15 is 0 Å². The molecule has 1 heterocycles. The monoisotopic (exact) mass is 377 g/mol. The molecule has 0 spiro atoms. The molecule has 25 heavy (non-hydrogen) atoms. The van der Waals surface area contributed by atoms with Crippen molar-refractivity contribution in [2.75, 3.05) is 32.6 Å². The highest BCUT2D eigenvalue weighted by molar-refractivity contribution is 8.00. The summed E-state index contributed by atoms with van der Waals surface area (Å²) in [5.41, 5.74) is 4.95. The first-order valence-electron chi connectivity index (χ1n) is 7.95. The lowest BCUT2D eigenvalue weighted by molar-refractivity contribution is -0.138. The summed E-state index contributed by atoms with van der Waals surface area (Å²) in [6.07, 6.45) is 2.20.